The van der Waals surface area contributed by atoms with Gasteiger partial charge in [0, 0.05) is 11.4 Å². The summed E-state index contributed by atoms with van der Waals surface area (Å²) in [5, 5.41) is 0. The van der Waals surface area contributed by atoms with Gasteiger partial charge in [-0.1, -0.05) is 24.3 Å². The lowest BCUT2D eigenvalue weighted by molar-refractivity contribution is -0.288. The molecule has 0 aromatic heterocycles. The first-order valence-electron chi connectivity index (χ1n) is 7.89. The quantitative estimate of drug-likeness (QED) is 0.302. The number of nitrogens with two attached hydrogens (primary N) is 2. The summed E-state index contributed by atoms with van der Waals surface area (Å²) in [5.74, 6) is 0. The van der Waals surface area contributed by atoms with Gasteiger partial charge in [-0.15, -0.1) is 0 Å². The van der Waals surface area contributed by atoms with Crippen molar-refractivity contribution in [2.24, 2.45) is 0 Å². The number of hydrogen-bond donors (Lipinski definition) is 4. The minimum absolute atomic E-state index is 0.157. The smallest absolute Gasteiger partial charge is 0.399 e. The van der Waals surface area contributed by atoms with Crippen molar-refractivity contribution < 1.29 is 43.9 Å². The largest absolute Gasteiger partial charge is 0.411 e. The summed E-state index contributed by atoms with van der Waals surface area (Å²) in [6.45, 7) is 2.98. The van der Waals surface area contributed by atoms with Crippen LogP contribution in [0.25, 0.3) is 0 Å². The van der Waals surface area contributed by atoms with E-state index in [0.717, 1.165) is 24.3 Å². The molecule has 6 N–H and O–H groups in total. The molecule has 0 unspecified atom stereocenters. The molecule has 0 heterocycles. The van der Waals surface area contributed by atoms with E-state index in [1.165, 1.54) is 13.8 Å². The van der Waals surface area contributed by atoms with Crippen molar-refractivity contribution in [3.8, 4) is 0 Å². The zero-order valence-electron chi connectivity index (χ0n) is 15.5. The third-order valence-electron chi connectivity index (χ3n) is 4.27. The summed E-state index contributed by atoms with van der Waals surface area (Å²) in [6, 6.07) is 5.28. The van der Waals surface area contributed by atoms with Gasteiger partial charge in [-0.25, -0.2) is 0 Å². The number of alkyl halides is 6. The van der Waals surface area contributed by atoms with Crippen molar-refractivity contribution in [1.82, 2.24) is 0 Å². The van der Waals surface area contributed by atoms with Crippen LogP contribution in [0.15, 0.2) is 36.4 Å². The molecule has 0 spiro atoms. The highest BCUT2D eigenvalue weighted by molar-refractivity contribution is 7.79. The first-order chi connectivity index (χ1) is 13.3. The lowest BCUT2D eigenvalue weighted by atomic mass is 9.72. The average Bonchev–Trinajstić information content (AvgIpc) is 2.50. The van der Waals surface area contributed by atoms with Crippen molar-refractivity contribution in [2.75, 3.05) is 11.5 Å². The SMILES string of the molecule is Cc1ccc(C(c2ccc(C)c(N)c2)(C(F)(F)F)C(F)(F)F)cc1N.O=S(=O)(O)O. The Hall–Kier alpha value is -2.51. The number of nitrogen functional groups attached to an aromatic ring is 2. The number of benzene rings is 2. The molecular weight excluding hydrogens is 442 g/mol. The molecule has 0 saturated carbocycles. The molecular formula is C17H18F6N2O4S. The van der Waals surface area contributed by atoms with E-state index in [1.54, 1.807) is 0 Å². The first kappa shape index (κ1) is 25.5. The number of hydrogen-bond acceptors (Lipinski definition) is 4. The van der Waals surface area contributed by atoms with E-state index in [4.69, 9.17) is 29.0 Å². The van der Waals surface area contributed by atoms with Crippen LogP contribution in [0.1, 0.15) is 22.3 Å². The Balaban J connectivity index is 0.000000804. The molecule has 0 radical (unpaired) electrons. The van der Waals surface area contributed by atoms with Gasteiger partial charge in [0.15, 0.2) is 0 Å². The van der Waals surface area contributed by atoms with E-state index >= 15 is 0 Å². The van der Waals surface area contributed by atoms with Crippen molar-refractivity contribution in [2.45, 2.75) is 31.6 Å². The minimum Gasteiger partial charge on any atom is -0.399 e. The fourth-order valence-electron chi connectivity index (χ4n) is 2.73. The third kappa shape index (κ3) is 5.34. The molecule has 13 heteroatoms. The van der Waals surface area contributed by atoms with Crippen molar-refractivity contribution in [1.29, 1.82) is 0 Å². The maximum atomic E-state index is 13.9. The standard InChI is InChI=1S/C17H16F6N2.H2O4S/c1-9-3-5-11(7-13(9)24)15(16(18,19)20,17(21,22)23)12-6-4-10(2)14(25)8-12;1-5(2,3)4/h3-8H,24-25H2,1-2H3;(H2,1,2,3,4). The van der Waals surface area contributed by atoms with E-state index < -0.39 is 39.3 Å². The Morgan fingerprint density at radius 2 is 1.00 bits per heavy atom. The second-order valence-corrected chi connectivity index (χ2v) is 7.23. The van der Waals surface area contributed by atoms with Gasteiger partial charge < -0.3 is 11.5 Å². The molecule has 0 aliphatic carbocycles. The predicted molar refractivity (Wildman–Crippen MR) is 98.3 cm³/mol. The van der Waals surface area contributed by atoms with Gasteiger partial charge in [0.2, 0.25) is 5.41 Å². The van der Waals surface area contributed by atoms with Crippen LogP contribution in [-0.4, -0.2) is 29.9 Å². The molecule has 30 heavy (non-hydrogen) atoms. The molecule has 0 saturated heterocycles. The van der Waals surface area contributed by atoms with Gasteiger partial charge in [0.1, 0.15) is 0 Å². The number of aryl methyl sites for hydroxylation is 2. The van der Waals surface area contributed by atoms with Gasteiger partial charge in [0.25, 0.3) is 0 Å². The Morgan fingerprint density at radius 3 is 1.20 bits per heavy atom. The summed E-state index contributed by atoms with van der Waals surface area (Å²) in [6.07, 6.45) is -11.3. The molecule has 0 amide bonds. The molecule has 2 aromatic rings. The molecule has 0 bridgehead atoms. The number of rotatable bonds is 2. The second kappa shape index (κ2) is 8.32. The predicted octanol–water partition coefficient (Wildman–Crippen LogP) is 4.23. The van der Waals surface area contributed by atoms with Crippen LogP contribution in [-0.2, 0) is 15.8 Å². The van der Waals surface area contributed by atoms with Crippen LogP contribution in [0, 0.1) is 13.8 Å². The topological polar surface area (TPSA) is 127 Å². The summed E-state index contributed by atoms with van der Waals surface area (Å²) in [5.41, 5.74) is 5.36. The highest BCUT2D eigenvalue weighted by Gasteiger charge is 2.72. The Kier molecular flexibility index (Phi) is 7.08. The zero-order chi connectivity index (χ0) is 23.7. The third-order valence-corrected chi connectivity index (χ3v) is 4.27. The van der Waals surface area contributed by atoms with E-state index in [9.17, 15) is 26.3 Å². The Bertz CT molecular complexity index is 944. The van der Waals surface area contributed by atoms with Gasteiger partial charge >= 0.3 is 22.8 Å². The van der Waals surface area contributed by atoms with E-state index in [0.29, 0.717) is 23.3 Å². The van der Waals surface area contributed by atoms with Gasteiger partial charge in [-0.2, -0.15) is 34.8 Å². The molecule has 2 rings (SSSR count). The highest BCUT2D eigenvalue weighted by atomic mass is 32.3. The maximum absolute atomic E-state index is 13.9. The van der Waals surface area contributed by atoms with Crippen molar-refractivity contribution >= 4 is 21.8 Å². The summed E-state index contributed by atoms with van der Waals surface area (Å²) >= 11 is 0. The molecule has 6 nitrogen and oxygen atoms in total. The minimum atomic E-state index is -5.66. The molecule has 0 aliphatic rings. The lowest BCUT2D eigenvalue weighted by Gasteiger charge is -2.38. The molecule has 2 aromatic carbocycles. The van der Waals surface area contributed by atoms with E-state index in [-0.39, 0.29) is 11.4 Å². The lowest BCUT2D eigenvalue weighted by Crippen LogP contribution is -2.54. The maximum Gasteiger partial charge on any atom is 0.411 e. The second-order valence-electron chi connectivity index (χ2n) is 6.34. The Morgan fingerprint density at radius 1 is 0.733 bits per heavy atom. The van der Waals surface area contributed by atoms with Crippen LogP contribution in [0.5, 0.6) is 0 Å². The van der Waals surface area contributed by atoms with Gasteiger partial charge in [-0.3, -0.25) is 9.11 Å². The van der Waals surface area contributed by atoms with Crippen LogP contribution in [0.3, 0.4) is 0 Å². The number of halogens is 6. The molecule has 0 aliphatic heterocycles. The summed E-state index contributed by atoms with van der Waals surface area (Å²) in [7, 11) is -4.67. The normalized spacial score (nSPS) is 12.9. The fraction of sp³-hybridized carbons (Fsp3) is 0.294. The molecule has 168 valence electrons. The zero-order valence-corrected chi connectivity index (χ0v) is 16.3. The van der Waals surface area contributed by atoms with Gasteiger partial charge in [0.05, 0.1) is 0 Å². The van der Waals surface area contributed by atoms with Gasteiger partial charge in [-0.05, 0) is 48.2 Å². The Labute approximate surface area is 168 Å². The fourth-order valence-corrected chi connectivity index (χ4v) is 2.73. The first-order valence-corrected chi connectivity index (χ1v) is 9.28. The van der Waals surface area contributed by atoms with E-state index in [2.05, 4.69) is 0 Å². The van der Waals surface area contributed by atoms with Crippen LogP contribution >= 0.6 is 0 Å². The average molecular weight is 460 g/mol. The highest BCUT2D eigenvalue weighted by Crippen LogP contribution is 2.56. The molecule has 0 atom stereocenters. The van der Waals surface area contributed by atoms with Crippen LogP contribution < -0.4 is 11.5 Å². The van der Waals surface area contributed by atoms with Crippen molar-refractivity contribution in [3.05, 3.63) is 58.7 Å². The van der Waals surface area contributed by atoms with Crippen LogP contribution in [0.2, 0.25) is 0 Å². The molecule has 0 fully saturated rings. The van der Waals surface area contributed by atoms with Crippen molar-refractivity contribution in [3.63, 3.8) is 0 Å². The van der Waals surface area contributed by atoms with E-state index in [1.807, 2.05) is 0 Å². The summed E-state index contributed by atoms with van der Waals surface area (Å²) in [4.78, 5) is 0. The van der Waals surface area contributed by atoms with Crippen LogP contribution in [0.4, 0.5) is 37.7 Å². The monoisotopic (exact) mass is 460 g/mol. The number of anilines is 2. The summed E-state index contributed by atoms with van der Waals surface area (Å²) < 4.78 is 115.